The van der Waals surface area contributed by atoms with E-state index in [0.717, 1.165) is 11.3 Å². The van der Waals surface area contributed by atoms with Crippen molar-refractivity contribution in [2.24, 2.45) is 23.7 Å². The zero-order valence-electron chi connectivity index (χ0n) is 16.9. The van der Waals surface area contributed by atoms with Crippen molar-refractivity contribution in [1.82, 2.24) is 4.90 Å². The number of hydrogen-bond acceptors (Lipinski definition) is 6. The monoisotopic (exact) mass is 571 g/mol. The maximum Gasteiger partial charge on any atom is 0.329 e. The van der Waals surface area contributed by atoms with Crippen LogP contribution in [0, 0.1) is 23.7 Å². The molecule has 2 amide bonds. The predicted molar refractivity (Wildman–Crippen MR) is 124 cm³/mol. The summed E-state index contributed by atoms with van der Waals surface area (Å²) < 4.78 is 5.30. The fraction of sp³-hybridized carbons (Fsp3) is 0.545. The highest BCUT2D eigenvalue weighted by atomic mass is 79.9. The molecular weight excluding hydrogens is 550 g/mol. The number of nitrogens with zero attached hydrogens (tertiary/aromatic N) is 1. The number of esters is 1. The summed E-state index contributed by atoms with van der Waals surface area (Å²) >= 11 is 8.87. The third kappa shape index (κ3) is 4.02. The van der Waals surface area contributed by atoms with E-state index < -0.39 is 18.6 Å². The van der Waals surface area contributed by atoms with Crippen molar-refractivity contribution in [2.75, 3.05) is 18.6 Å². The minimum absolute atomic E-state index is 0.0812. The molecule has 2 aliphatic carbocycles. The number of carbonyl (C=O) groups is 4. The number of fused-ring (bicyclic) bond motifs is 5. The number of thioether (sulfide) groups is 1. The predicted octanol–water partition coefficient (Wildman–Crippen LogP) is 3.31. The van der Waals surface area contributed by atoms with Gasteiger partial charge in [0.1, 0.15) is 6.04 Å². The smallest absolute Gasteiger partial charge is 0.329 e. The standard InChI is InChI=1S/C22H23Br2NO5S/c1-31-8-7-14(22(29)30-10-15(26)11-5-3-2-4-6-11)25-20(27)16-12-9-13(17(16)21(25)28)19(24)18(12)23/h2-6,12-14,16-19H,7-10H2,1H3/t12-,13-,14+,16-,17-,18-,19+/m0/s1. The highest BCUT2D eigenvalue weighted by molar-refractivity contribution is 9.12. The fourth-order valence-electron chi connectivity index (χ4n) is 5.20. The molecule has 1 aromatic rings. The molecule has 2 saturated carbocycles. The van der Waals surface area contributed by atoms with E-state index in [0.29, 0.717) is 17.7 Å². The highest BCUT2D eigenvalue weighted by Crippen LogP contribution is 2.60. The van der Waals surface area contributed by atoms with Crippen molar-refractivity contribution >= 4 is 67.2 Å². The molecule has 4 rings (SSSR count). The van der Waals surface area contributed by atoms with Crippen molar-refractivity contribution < 1.29 is 23.9 Å². The highest BCUT2D eigenvalue weighted by Gasteiger charge is 2.67. The maximum absolute atomic E-state index is 13.3. The number of ketones is 1. The van der Waals surface area contributed by atoms with Crippen LogP contribution >= 0.6 is 43.6 Å². The Kier molecular flexibility index (Phi) is 6.93. The molecule has 0 aromatic heterocycles. The van der Waals surface area contributed by atoms with E-state index in [4.69, 9.17) is 4.74 Å². The number of ether oxygens (including phenoxy) is 1. The number of benzene rings is 1. The van der Waals surface area contributed by atoms with Crippen molar-refractivity contribution in [1.29, 1.82) is 0 Å². The Morgan fingerprint density at radius 1 is 1.10 bits per heavy atom. The van der Waals surface area contributed by atoms with E-state index in [2.05, 4.69) is 31.9 Å². The van der Waals surface area contributed by atoms with Gasteiger partial charge in [-0.2, -0.15) is 11.8 Å². The van der Waals surface area contributed by atoms with Gasteiger partial charge in [-0.3, -0.25) is 19.3 Å². The van der Waals surface area contributed by atoms with Crippen LogP contribution in [0.15, 0.2) is 30.3 Å². The van der Waals surface area contributed by atoms with Crippen LogP contribution in [0.1, 0.15) is 23.2 Å². The van der Waals surface area contributed by atoms with E-state index in [-0.39, 0.29) is 50.9 Å². The molecule has 2 bridgehead atoms. The first kappa shape index (κ1) is 23.0. The van der Waals surface area contributed by atoms with Crippen LogP contribution in [0.4, 0.5) is 0 Å². The topological polar surface area (TPSA) is 80.8 Å². The number of carbonyl (C=O) groups excluding carboxylic acids is 4. The number of amides is 2. The third-order valence-corrected chi connectivity index (χ3v) is 10.5. The zero-order chi connectivity index (χ0) is 22.3. The molecular formula is C22H23Br2NO5S. The number of Topliss-reactive ketones (excluding diaryl/α,β-unsaturated/α-hetero) is 1. The van der Waals surface area contributed by atoms with Crippen molar-refractivity contribution in [3.8, 4) is 0 Å². The summed E-state index contributed by atoms with van der Waals surface area (Å²) in [6.07, 6.45) is 3.04. The van der Waals surface area contributed by atoms with Gasteiger partial charge >= 0.3 is 5.97 Å². The molecule has 1 aliphatic heterocycles. The minimum Gasteiger partial charge on any atom is -0.456 e. The average Bonchev–Trinajstić information content (AvgIpc) is 3.38. The maximum atomic E-state index is 13.3. The largest absolute Gasteiger partial charge is 0.456 e. The molecule has 1 saturated heterocycles. The number of halogens is 2. The number of alkyl halides is 2. The number of likely N-dealkylation sites (tertiary alicyclic amines) is 1. The van der Waals surface area contributed by atoms with Gasteiger partial charge in [0.15, 0.2) is 12.4 Å². The van der Waals surface area contributed by atoms with Gasteiger partial charge in [-0.25, -0.2) is 4.79 Å². The van der Waals surface area contributed by atoms with Gasteiger partial charge in [0.05, 0.1) is 11.8 Å². The van der Waals surface area contributed by atoms with E-state index >= 15 is 0 Å². The van der Waals surface area contributed by atoms with Gasteiger partial charge < -0.3 is 4.74 Å². The Hall–Kier alpha value is -1.19. The van der Waals surface area contributed by atoms with Crippen LogP contribution in [-0.4, -0.2) is 62.8 Å². The summed E-state index contributed by atoms with van der Waals surface area (Å²) in [5, 5.41) is 0. The second kappa shape index (κ2) is 9.35. The van der Waals surface area contributed by atoms with Crippen LogP contribution in [0.5, 0.6) is 0 Å². The van der Waals surface area contributed by atoms with E-state index in [9.17, 15) is 19.2 Å². The molecule has 166 valence electrons. The summed E-state index contributed by atoms with van der Waals surface area (Å²) in [6, 6.07) is 7.57. The van der Waals surface area contributed by atoms with E-state index in [1.54, 1.807) is 30.3 Å². The Bertz CT molecular complexity index is 865. The molecule has 0 N–H and O–H groups in total. The lowest BCUT2D eigenvalue weighted by Gasteiger charge is -2.28. The van der Waals surface area contributed by atoms with E-state index in [1.165, 1.54) is 11.8 Å². The molecule has 1 aromatic carbocycles. The molecule has 31 heavy (non-hydrogen) atoms. The molecule has 0 radical (unpaired) electrons. The lowest BCUT2D eigenvalue weighted by molar-refractivity contribution is -0.158. The number of rotatable bonds is 8. The molecule has 0 unspecified atom stereocenters. The second-order valence-corrected chi connectivity index (χ2v) is 11.3. The van der Waals surface area contributed by atoms with Gasteiger partial charge in [0.25, 0.3) is 0 Å². The lowest BCUT2D eigenvalue weighted by Crippen LogP contribution is -2.47. The molecule has 9 heteroatoms. The quantitative estimate of drug-likeness (QED) is 0.206. The minimum atomic E-state index is -0.997. The Labute approximate surface area is 202 Å². The van der Waals surface area contributed by atoms with Crippen LogP contribution < -0.4 is 0 Å². The molecule has 0 spiro atoms. The molecule has 3 fully saturated rings. The Balaban J connectivity index is 1.50. The summed E-state index contributed by atoms with van der Waals surface area (Å²) in [7, 11) is 0. The van der Waals surface area contributed by atoms with Gasteiger partial charge in [-0.05, 0) is 36.7 Å². The average molecular weight is 573 g/mol. The first-order valence-electron chi connectivity index (χ1n) is 10.3. The first-order valence-corrected chi connectivity index (χ1v) is 13.5. The number of imide groups is 1. The summed E-state index contributed by atoms with van der Waals surface area (Å²) in [4.78, 5) is 53.3. The zero-order valence-corrected chi connectivity index (χ0v) is 20.9. The Morgan fingerprint density at radius 2 is 1.68 bits per heavy atom. The van der Waals surface area contributed by atoms with Gasteiger partial charge in [0.2, 0.25) is 11.8 Å². The molecule has 7 atom stereocenters. The van der Waals surface area contributed by atoms with E-state index in [1.807, 2.05) is 6.26 Å². The third-order valence-electron chi connectivity index (χ3n) is 6.64. The Morgan fingerprint density at radius 3 is 2.23 bits per heavy atom. The summed E-state index contributed by atoms with van der Waals surface area (Å²) in [5.74, 6) is -1.58. The fourth-order valence-corrected chi connectivity index (χ4v) is 7.53. The summed E-state index contributed by atoms with van der Waals surface area (Å²) in [6.45, 7) is -0.417. The van der Waals surface area contributed by atoms with Crippen molar-refractivity contribution in [3.63, 3.8) is 0 Å². The molecule has 1 heterocycles. The van der Waals surface area contributed by atoms with Crippen molar-refractivity contribution in [3.05, 3.63) is 35.9 Å². The second-order valence-electron chi connectivity index (χ2n) is 8.24. The van der Waals surface area contributed by atoms with Crippen LogP contribution in [0.2, 0.25) is 0 Å². The van der Waals surface area contributed by atoms with Crippen molar-refractivity contribution in [2.45, 2.75) is 28.5 Å². The van der Waals surface area contributed by atoms with Gasteiger partial charge in [-0.1, -0.05) is 62.2 Å². The van der Waals surface area contributed by atoms with Crippen LogP contribution in [0.25, 0.3) is 0 Å². The van der Waals surface area contributed by atoms with Gasteiger partial charge in [-0.15, -0.1) is 0 Å². The number of hydrogen-bond donors (Lipinski definition) is 0. The summed E-state index contributed by atoms with van der Waals surface area (Å²) in [5.41, 5.74) is 0.446. The SMILES string of the molecule is CSCC[C@H](C(=O)OCC(=O)c1ccccc1)N1C(=O)[C@H]2[C@@H]3C[C@H]([C@@H](Br)[C@H]3Br)[C@@H]2C1=O. The normalized spacial score (nSPS) is 32.3. The van der Waals surface area contributed by atoms with Crippen LogP contribution in [0.3, 0.4) is 0 Å². The van der Waals surface area contributed by atoms with Crippen LogP contribution in [-0.2, 0) is 19.1 Å². The van der Waals surface area contributed by atoms with Gasteiger partial charge in [0, 0.05) is 15.2 Å². The molecule has 3 aliphatic rings. The first-order chi connectivity index (χ1) is 14.9. The lowest BCUT2D eigenvalue weighted by atomic mass is 9.81. The molecule has 6 nitrogen and oxygen atoms in total.